The average Bonchev–Trinajstić information content (AvgIpc) is 3.02. The lowest BCUT2D eigenvalue weighted by Gasteiger charge is -2.12. The molecule has 0 aromatic heterocycles. The van der Waals surface area contributed by atoms with Gasteiger partial charge in [0.25, 0.3) is 0 Å². The second-order valence-electron chi connectivity index (χ2n) is 5.51. The van der Waals surface area contributed by atoms with Crippen LogP contribution in [0.4, 0.5) is 4.39 Å². The van der Waals surface area contributed by atoms with Gasteiger partial charge in [-0.15, -0.1) is 24.0 Å². The van der Waals surface area contributed by atoms with Crippen LogP contribution in [0, 0.1) is 5.82 Å². The molecule has 1 saturated heterocycles. The van der Waals surface area contributed by atoms with Crippen molar-refractivity contribution in [3.8, 4) is 0 Å². The molecular formula is C17H27FIN3S. The summed E-state index contributed by atoms with van der Waals surface area (Å²) in [5, 5.41) is 7.33. The Morgan fingerprint density at radius 1 is 1.39 bits per heavy atom. The Balaban J connectivity index is 0.00000264. The first-order valence-corrected chi connectivity index (χ1v) is 9.21. The second kappa shape index (κ2) is 11.9. The quantitative estimate of drug-likeness (QED) is 0.287. The first kappa shape index (κ1) is 20.5. The summed E-state index contributed by atoms with van der Waals surface area (Å²) >= 11 is 2.03. The van der Waals surface area contributed by atoms with Crippen molar-refractivity contribution in [1.29, 1.82) is 0 Å². The van der Waals surface area contributed by atoms with Crippen molar-refractivity contribution < 1.29 is 4.39 Å². The van der Waals surface area contributed by atoms with Gasteiger partial charge in [0.15, 0.2) is 5.96 Å². The summed E-state index contributed by atoms with van der Waals surface area (Å²) in [5.74, 6) is 2.02. The van der Waals surface area contributed by atoms with E-state index in [2.05, 4.69) is 22.5 Å². The van der Waals surface area contributed by atoms with Gasteiger partial charge in [-0.3, -0.25) is 4.99 Å². The first-order chi connectivity index (χ1) is 10.8. The van der Waals surface area contributed by atoms with E-state index in [1.807, 2.05) is 17.8 Å². The molecule has 1 aliphatic rings. The Kier molecular flexibility index (Phi) is 10.7. The van der Waals surface area contributed by atoms with Crippen molar-refractivity contribution in [1.82, 2.24) is 10.6 Å². The lowest BCUT2D eigenvalue weighted by atomic mass is 10.1. The zero-order chi connectivity index (χ0) is 15.6. The third kappa shape index (κ3) is 8.24. The summed E-state index contributed by atoms with van der Waals surface area (Å²) < 4.78 is 13.1. The number of benzene rings is 1. The van der Waals surface area contributed by atoms with Gasteiger partial charge >= 0.3 is 0 Å². The van der Waals surface area contributed by atoms with Crippen LogP contribution >= 0.6 is 35.7 Å². The van der Waals surface area contributed by atoms with E-state index in [1.165, 1.54) is 24.7 Å². The number of thioether (sulfide) groups is 1. The number of aliphatic imine (C=N–C) groups is 1. The zero-order valence-electron chi connectivity index (χ0n) is 13.7. The smallest absolute Gasteiger partial charge is 0.191 e. The van der Waals surface area contributed by atoms with E-state index in [1.54, 1.807) is 12.1 Å². The van der Waals surface area contributed by atoms with E-state index in [9.17, 15) is 4.39 Å². The second-order valence-corrected chi connectivity index (χ2v) is 6.92. The molecule has 2 N–H and O–H groups in total. The van der Waals surface area contributed by atoms with E-state index in [0.29, 0.717) is 5.25 Å². The van der Waals surface area contributed by atoms with Crippen molar-refractivity contribution in [3.63, 3.8) is 0 Å². The molecule has 1 fully saturated rings. The predicted octanol–water partition coefficient (Wildman–Crippen LogP) is 3.83. The number of nitrogens with one attached hydrogen (secondary N) is 2. The molecule has 1 aromatic carbocycles. The number of hydrogen-bond donors (Lipinski definition) is 2. The summed E-state index contributed by atoms with van der Waals surface area (Å²) in [7, 11) is 0. The molecule has 1 aromatic rings. The van der Waals surface area contributed by atoms with Crippen LogP contribution in [0.1, 0.15) is 31.7 Å². The van der Waals surface area contributed by atoms with Crippen LogP contribution in [0.3, 0.4) is 0 Å². The third-order valence-electron chi connectivity index (χ3n) is 3.64. The van der Waals surface area contributed by atoms with Gasteiger partial charge in [0, 0.05) is 18.3 Å². The van der Waals surface area contributed by atoms with Crippen molar-refractivity contribution >= 4 is 41.7 Å². The van der Waals surface area contributed by atoms with E-state index in [0.717, 1.165) is 44.0 Å². The van der Waals surface area contributed by atoms with Gasteiger partial charge in [0.1, 0.15) is 5.82 Å². The molecule has 1 heterocycles. The fourth-order valence-electron chi connectivity index (χ4n) is 2.51. The summed E-state index contributed by atoms with van der Waals surface area (Å²) in [6.07, 6.45) is 4.45. The minimum atomic E-state index is -0.158. The Morgan fingerprint density at radius 2 is 2.26 bits per heavy atom. The Morgan fingerprint density at radius 3 is 2.96 bits per heavy atom. The van der Waals surface area contributed by atoms with E-state index in [4.69, 9.17) is 0 Å². The van der Waals surface area contributed by atoms with Gasteiger partial charge in [-0.05, 0) is 56.1 Å². The molecule has 23 heavy (non-hydrogen) atoms. The summed E-state index contributed by atoms with van der Waals surface area (Å²) in [5.41, 5.74) is 1.05. The van der Waals surface area contributed by atoms with E-state index < -0.39 is 0 Å². The van der Waals surface area contributed by atoms with Crippen molar-refractivity contribution in [3.05, 3.63) is 35.6 Å². The maximum absolute atomic E-state index is 13.1. The van der Waals surface area contributed by atoms with Gasteiger partial charge < -0.3 is 10.6 Å². The average molecular weight is 451 g/mol. The molecule has 1 aliphatic heterocycles. The Hall–Kier alpha value is -0.500. The van der Waals surface area contributed by atoms with Gasteiger partial charge in [-0.2, -0.15) is 11.8 Å². The molecule has 6 heteroatoms. The molecule has 130 valence electrons. The van der Waals surface area contributed by atoms with Crippen LogP contribution in [-0.4, -0.2) is 36.6 Å². The molecule has 2 rings (SSSR count). The first-order valence-electron chi connectivity index (χ1n) is 8.16. The van der Waals surface area contributed by atoms with Gasteiger partial charge in [0.2, 0.25) is 0 Å². The fraction of sp³-hybridized carbons (Fsp3) is 0.588. The van der Waals surface area contributed by atoms with Gasteiger partial charge in [-0.1, -0.05) is 12.1 Å². The van der Waals surface area contributed by atoms with Crippen LogP contribution in [-0.2, 0) is 6.42 Å². The monoisotopic (exact) mass is 451 g/mol. The highest BCUT2D eigenvalue weighted by Gasteiger charge is 2.14. The number of rotatable bonds is 7. The van der Waals surface area contributed by atoms with E-state index >= 15 is 0 Å². The normalized spacial score (nSPS) is 17.7. The fourth-order valence-corrected chi connectivity index (χ4v) is 3.69. The minimum Gasteiger partial charge on any atom is -0.357 e. The van der Waals surface area contributed by atoms with Gasteiger partial charge in [0.05, 0.1) is 6.54 Å². The largest absolute Gasteiger partial charge is 0.357 e. The maximum Gasteiger partial charge on any atom is 0.191 e. The number of guanidine groups is 1. The summed E-state index contributed by atoms with van der Waals surface area (Å²) in [4.78, 5) is 4.67. The van der Waals surface area contributed by atoms with E-state index in [-0.39, 0.29) is 29.8 Å². The molecule has 1 atom stereocenters. The predicted molar refractivity (Wildman–Crippen MR) is 110 cm³/mol. The van der Waals surface area contributed by atoms with Crippen LogP contribution in [0.2, 0.25) is 0 Å². The van der Waals surface area contributed by atoms with Crippen LogP contribution in [0.25, 0.3) is 0 Å². The number of nitrogens with zero attached hydrogens (tertiary/aromatic N) is 1. The number of hydrogen-bond acceptors (Lipinski definition) is 2. The molecule has 1 unspecified atom stereocenters. The van der Waals surface area contributed by atoms with Crippen molar-refractivity contribution in [2.45, 2.75) is 37.9 Å². The SMILES string of the molecule is CCNC(=NCC1CCCS1)NCCCc1cccc(F)c1.I. The van der Waals surface area contributed by atoms with Crippen molar-refractivity contribution in [2.75, 3.05) is 25.4 Å². The lowest BCUT2D eigenvalue weighted by Crippen LogP contribution is -2.38. The molecule has 3 nitrogen and oxygen atoms in total. The highest BCUT2D eigenvalue weighted by Crippen LogP contribution is 2.25. The Bertz CT molecular complexity index is 479. The summed E-state index contributed by atoms with van der Waals surface area (Å²) in [6.45, 7) is 4.69. The molecule has 0 radical (unpaired) electrons. The standard InChI is InChI=1S/C17H26FN3S.HI/c1-2-19-17(21-13-16-9-5-11-22-16)20-10-4-7-14-6-3-8-15(18)12-14;/h3,6,8,12,16H,2,4-5,7,9-11,13H2,1H3,(H2,19,20,21);1H. The highest BCUT2D eigenvalue weighted by atomic mass is 127. The summed E-state index contributed by atoms with van der Waals surface area (Å²) in [6, 6.07) is 6.83. The topological polar surface area (TPSA) is 36.4 Å². The molecule has 0 bridgehead atoms. The number of halogens is 2. The van der Waals surface area contributed by atoms with Crippen molar-refractivity contribution in [2.24, 2.45) is 4.99 Å². The van der Waals surface area contributed by atoms with Gasteiger partial charge in [-0.25, -0.2) is 4.39 Å². The number of aryl methyl sites for hydroxylation is 1. The minimum absolute atomic E-state index is 0. The Labute approximate surface area is 160 Å². The molecule has 0 amide bonds. The molecular weight excluding hydrogens is 424 g/mol. The molecule has 0 spiro atoms. The maximum atomic E-state index is 13.1. The van der Waals surface area contributed by atoms with Crippen LogP contribution in [0.15, 0.2) is 29.3 Å². The molecule has 0 saturated carbocycles. The zero-order valence-corrected chi connectivity index (χ0v) is 16.8. The van der Waals surface area contributed by atoms with Crippen LogP contribution in [0.5, 0.6) is 0 Å². The molecule has 0 aliphatic carbocycles. The third-order valence-corrected chi connectivity index (χ3v) is 5.03. The highest BCUT2D eigenvalue weighted by molar-refractivity contribution is 14.0. The lowest BCUT2D eigenvalue weighted by molar-refractivity contribution is 0.624. The van der Waals surface area contributed by atoms with Crippen LogP contribution < -0.4 is 10.6 Å².